The number of rotatable bonds is 10. The van der Waals surface area contributed by atoms with Crippen LogP contribution in [0.1, 0.15) is 30.4 Å². The fraction of sp³-hybridized carbons (Fsp3) is 0.345. The lowest BCUT2D eigenvalue weighted by molar-refractivity contribution is -0.134. The molecule has 1 aliphatic rings. The number of hydrogen-bond acceptors (Lipinski definition) is 4. The van der Waals surface area contributed by atoms with E-state index in [-0.39, 0.29) is 31.2 Å². The van der Waals surface area contributed by atoms with Gasteiger partial charge in [-0.15, -0.1) is 0 Å². The van der Waals surface area contributed by atoms with E-state index < -0.39 is 15.4 Å². The molecule has 37 heavy (non-hydrogen) atoms. The number of para-hydroxylation sites is 1. The van der Waals surface area contributed by atoms with Crippen LogP contribution in [0.15, 0.2) is 84.9 Å². The number of nitrogens with zero attached hydrogens (tertiary/aromatic N) is 2. The Bertz CT molecular complexity index is 1270. The highest BCUT2D eigenvalue weighted by Gasteiger charge is 2.42. The lowest BCUT2D eigenvalue weighted by Gasteiger charge is -2.42. The van der Waals surface area contributed by atoms with E-state index >= 15 is 0 Å². The Labute approximate surface area is 224 Å². The van der Waals surface area contributed by atoms with E-state index in [0.717, 1.165) is 5.56 Å². The van der Waals surface area contributed by atoms with Gasteiger partial charge in [0.2, 0.25) is 15.9 Å². The predicted molar refractivity (Wildman–Crippen MR) is 147 cm³/mol. The second kappa shape index (κ2) is 12.1. The summed E-state index contributed by atoms with van der Waals surface area (Å²) in [5.74, 6) is 0.562. The van der Waals surface area contributed by atoms with Gasteiger partial charge in [0.1, 0.15) is 5.75 Å². The molecule has 1 heterocycles. The maximum Gasteiger partial charge on any atom is 0.223 e. The van der Waals surface area contributed by atoms with Gasteiger partial charge in [0.05, 0.1) is 12.4 Å². The molecule has 0 saturated carbocycles. The Balaban J connectivity index is 1.52. The molecule has 1 aliphatic heterocycles. The van der Waals surface area contributed by atoms with Gasteiger partial charge in [-0.3, -0.25) is 4.79 Å². The zero-order chi connectivity index (χ0) is 26.3. The minimum atomic E-state index is -3.60. The molecule has 1 atom stereocenters. The number of piperidine rings is 1. The smallest absolute Gasteiger partial charge is 0.223 e. The maximum absolute atomic E-state index is 13.4. The molecule has 1 amide bonds. The number of halogens is 1. The van der Waals surface area contributed by atoms with Gasteiger partial charge in [0, 0.05) is 43.5 Å². The van der Waals surface area contributed by atoms with E-state index in [2.05, 4.69) is 0 Å². The molecule has 0 aliphatic carbocycles. The minimum Gasteiger partial charge on any atom is -0.493 e. The summed E-state index contributed by atoms with van der Waals surface area (Å²) in [6.45, 7) is 1.42. The van der Waals surface area contributed by atoms with E-state index in [9.17, 15) is 13.2 Å². The Hall–Kier alpha value is -2.87. The fourth-order valence-electron chi connectivity index (χ4n) is 4.75. The van der Waals surface area contributed by atoms with Crippen LogP contribution in [0, 0.1) is 5.41 Å². The maximum atomic E-state index is 13.4. The van der Waals surface area contributed by atoms with Crippen molar-refractivity contribution in [1.82, 2.24) is 9.21 Å². The largest absolute Gasteiger partial charge is 0.493 e. The van der Waals surface area contributed by atoms with Crippen molar-refractivity contribution in [2.24, 2.45) is 5.41 Å². The second-order valence-corrected chi connectivity index (χ2v) is 12.2. The van der Waals surface area contributed by atoms with Crippen molar-refractivity contribution in [3.63, 3.8) is 0 Å². The summed E-state index contributed by atoms with van der Waals surface area (Å²) in [5, 5.41) is 0.564. The topological polar surface area (TPSA) is 66.9 Å². The van der Waals surface area contributed by atoms with Crippen LogP contribution in [0.5, 0.6) is 5.75 Å². The van der Waals surface area contributed by atoms with Gasteiger partial charge >= 0.3 is 0 Å². The molecule has 0 unspecified atom stereocenters. The van der Waals surface area contributed by atoms with Gasteiger partial charge in [-0.1, -0.05) is 72.3 Å². The fourth-order valence-corrected chi connectivity index (χ4v) is 6.55. The van der Waals surface area contributed by atoms with Crippen molar-refractivity contribution in [3.8, 4) is 5.75 Å². The van der Waals surface area contributed by atoms with Crippen molar-refractivity contribution in [3.05, 3.63) is 101 Å². The number of amides is 1. The molecular weight excluding hydrogens is 508 g/mol. The summed E-state index contributed by atoms with van der Waals surface area (Å²) in [7, 11) is -1.81. The van der Waals surface area contributed by atoms with Crippen LogP contribution in [-0.4, -0.2) is 50.3 Å². The summed E-state index contributed by atoms with van der Waals surface area (Å²) in [4.78, 5) is 15.1. The molecule has 3 aromatic carbocycles. The summed E-state index contributed by atoms with van der Waals surface area (Å²) in [5.41, 5.74) is 1.09. The van der Waals surface area contributed by atoms with Gasteiger partial charge in [-0.25, -0.2) is 12.7 Å². The van der Waals surface area contributed by atoms with Crippen LogP contribution in [0.2, 0.25) is 5.02 Å². The quantitative estimate of drug-likeness (QED) is 0.346. The highest BCUT2D eigenvalue weighted by Crippen LogP contribution is 2.37. The van der Waals surface area contributed by atoms with Crippen LogP contribution in [0.25, 0.3) is 0 Å². The van der Waals surface area contributed by atoms with Gasteiger partial charge in [0.15, 0.2) is 0 Å². The van der Waals surface area contributed by atoms with Gasteiger partial charge in [0.25, 0.3) is 0 Å². The third-order valence-electron chi connectivity index (χ3n) is 6.78. The molecule has 0 radical (unpaired) electrons. The molecule has 3 aromatic rings. The highest BCUT2D eigenvalue weighted by molar-refractivity contribution is 7.88. The first-order chi connectivity index (χ1) is 17.7. The Morgan fingerprint density at radius 3 is 2.30 bits per heavy atom. The van der Waals surface area contributed by atoms with Crippen molar-refractivity contribution in [2.45, 2.75) is 31.6 Å². The first kappa shape index (κ1) is 27.2. The molecular formula is C29H33ClN2O4S. The number of sulfonamides is 1. The van der Waals surface area contributed by atoms with Crippen molar-refractivity contribution in [1.29, 1.82) is 0 Å². The highest BCUT2D eigenvalue weighted by atomic mass is 35.5. The minimum absolute atomic E-state index is 0.0301. The normalized spacial score (nSPS) is 18.3. The zero-order valence-corrected chi connectivity index (χ0v) is 22.6. The predicted octanol–water partition coefficient (Wildman–Crippen LogP) is 5.38. The summed E-state index contributed by atoms with van der Waals surface area (Å²) >= 11 is 5.97. The van der Waals surface area contributed by atoms with Gasteiger partial charge in [-0.05, 0) is 48.2 Å². The Morgan fingerprint density at radius 2 is 1.62 bits per heavy atom. The first-order valence-electron chi connectivity index (χ1n) is 12.4. The third-order valence-corrected chi connectivity index (χ3v) is 8.83. The SMILES string of the molecule is CN(Cc1ccccc1)C(=O)C[C@]1(COc2ccccc2)CCCN(S(=O)(=O)Cc2ccc(Cl)cc2)C1. The number of benzene rings is 3. The van der Waals surface area contributed by atoms with E-state index in [1.165, 1.54) is 4.31 Å². The molecule has 0 aromatic heterocycles. The summed E-state index contributed by atoms with van der Waals surface area (Å²) < 4.78 is 34.5. The lowest BCUT2D eigenvalue weighted by atomic mass is 9.78. The molecule has 0 bridgehead atoms. The summed E-state index contributed by atoms with van der Waals surface area (Å²) in [6.07, 6.45) is 1.57. The van der Waals surface area contributed by atoms with Crippen LogP contribution < -0.4 is 4.74 Å². The van der Waals surface area contributed by atoms with Gasteiger partial charge < -0.3 is 9.64 Å². The molecule has 0 N–H and O–H groups in total. The molecule has 8 heteroatoms. The number of carbonyl (C=O) groups excluding carboxylic acids is 1. The van der Waals surface area contributed by atoms with Crippen molar-refractivity contribution < 1.29 is 17.9 Å². The molecule has 6 nitrogen and oxygen atoms in total. The van der Waals surface area contributed by atoms with Crippen molar-refractivity contribution >= 4 is 27.5 Å². The molecule has 1 saturated heterocycles. The van der Waals surface area contributed by atoms with E-state index in [1.807, 2.05) is 60.7 Å². The monoisotopic (exact) mass is 540 g/mol. The van der Waals surface area contributed by atoms with Crippen molar-refractivity contribution in [2.75, 3.05) is 26.7 Å². The standard InChI is InChI=1S/C29H33ClN2O4S/c1-31(20-24-9-4-2-5-10-24)28(33)19-29(23-36-27-11-6-3-7-12-27)17-8-18-32(22-29)37(34,35)21-25-13-15-26(30)16-14-25/h2-7,9-16H,8,17-23H2,1H3/t29-/m1/s1. The number of carbonyl (C=O) groups is 1. The third kappa shape index (κ3) is 7.57. The summed E-state index contributed by atoms with van der Waals surface area (Å²) in [6, 6.07) is 26.1. The molecule has 4 rings (SSSR count). The van der Waals surface area contributed by atoms with Gasteiger partial charge in [-0.2, -0.15) is 0 Å². The Morgan fingerprint density at radius 1 is 0.973 bits per heavy atom. The van der Waals surface area contributed by atoms with E-state index in [4.69, 9.17) is 16.3 Å². The number of ether oxygens (including phenoxy) is 1. The second-order valence-electron chi connectivity index (χ2n) is 9.83. The van der Waals surface area contributed by atoms with Crippen LogP contribution in [0.4, 0.5) is 0 Å². The zero-order valence-electron chi connectivity index (χ0n) is 21.1. The average Bonchev–Trinajstić information content (AvgIpc) is 2.90. The van der Waals surface area contributed by atoms with Crippen LogP contribution in [0.3, 0.4) is 0 Å². The van der Waals surface area contributed by atoms with E-state index in [0.29, 0.717) is 42.3 Å². The molecule has 0 spiro atoms. The lowest BCUT2D eigenvalue weighted by Crippen LogP contribution is -2.50. The molecule has 1 fully saturated rings. The van der Waals surface area contributed by atoms with Crippen LogP contribution in [-0.2, 0) is 27.1 Å². The van der Waals surface area contributed by atoms with Crippen LogP contribution >= 0.6 is 11.6 Å². The van der Waals surface area contributed by atoms with E-state index in [1.54, 1.807) is 36.2 Å². The molecule has 196 valence electrons. The number of hydrogen-bond donors (Lipinski definition) is 0. The first-order valence-corrected chi connectivity index (χ1v) is 14.4. The Kier molecular flexibility index (Phi) is 8.90. The average molecular weight is 541 g/mol.